The molecule has 0 bridgehead atoms. The summed E-state index contributed by atoms with van der Waals surface area (Å²) < 4.78 is 11.4. The molecule has 2 heterocycles. The van der Waals surface area contributed by atoms with Crippen molar-refractivity contribution in [3.8, 4) is 11.5 Å². The van der Waals surface area contributed by atoms with Crippen molar-refractivity contribution in [3.05, 3.63) is 59.7 Å². The third-order valence-corrected chi connectivity index (χ3v) is 3.83. The minimum Gasteiger partial charge on any atom is -0.486 e. The molecule has 5 nitrogen and oxygen atoms in total. The fourth-order valence-electron chi connectivity index (χ4n) is 2.76. The van der Waals surface area contributed by atoms with Gasteiger partial charge in [0.05, 0.1) is 17.7 Å². The molecule has 2 aliphatic heterocycles. The lowest BCUT2D eigenvalue weighted by atomic mass is 10.1. The number of benzene rings is 2. The highest BCUT2D eigenvalue weighted by atomic mass is 16.6. The lowest BCUT2D eigenvalue weighted by molar-refractivity contribution is 0.0430. The first-order chi connectivity index (χ1) is 11.7. The van der Waals surface area contributed by atoms with E-state index in [1.165, 1.54) is 4.90 Å². The highest BCUT2D eigenvalue weighted by molar-refractivity contribution is 6.21. The molecule has 0 aromatic heterocycles. The van der Waals surface area contributed by atoms with E-state index >= 15 is 0 Å². The molecular weight excluding hydrogens is 306 g/mol. The first-order valence-electron chi connectivity index (χ1n) is 8.08. The van der Waals surface area contributed by atoms with Gasteiger partial charge in [0.2, 0.25) is 0 Å². The van der Waals surface area contributed by atoms with Crippen LogP contribution in [-0.4, -0.2) is 36.0 Å². The van der Waals surface area contributed by atoms with Crippen molar-refractivity contribution >= 4 is 11.8 Å². The van der Waals surface area contributed by atoms with Gasteiger partial charge in [-0.3, -0.25) is 14.5 Å². The first-order valence-corrected chi connectivity index (χ1v) is 8.08. The summed E-state index contributed by atoms with van der Waals surface area (Å²) in [7, 11) is 0. The molecule has 0 aliphatic carbocycles. The Morgan fingerprint density at radius 1 is 0.917 bits per heavy atom. The second-order valence-corrected chi connectivity index (χ2v) is 5.26. The van der Waals surface area contributed by atoms with Crippen molar-refractivity contribution < 1.29 is 19.1 Å². The second kappa shape index (κ2) is 6.74. The van der Waals surface area contributed by atoms with Gasteiger partial charge in [0.1, 0.15) is 6.61 Å². The average Bonchev–Trinajstić information content (AvgIpc) is 2.89. The molecule has 2 amide bonds. The molecule has 2 aliphatic rings. The maximum atomic E-state index is 12.3. The summed E-state index contributed by atoms with van der Waals surface area (Å²) in [5.74, 6) is 0.766. The third-order valence-electron chi connectivity index (χ3n) is 3.83. The zero-order chi connectivity index (χ0) is 17.1. The number of imide groups is 1. The predicted molar refractivity (Wildman–Crippen MR) is 89.5 cm³/mol. The summed E-state index contributed by atoms with van der Waals surface area (Å²) in [6, 6.07) is 14.2. The zero-order valence-corrected chi connectivity index (χ0v) is 13.7. The SMILES string of the molecule is CC.O=C1c2ccccc2C(=O)N1CC1COc2ccccc2O1. The summed E-state index contributed by atoms with van der Waals surface area (Å²) >= 11 is 0. The second-order valence-electron chi connectivity index (χ2n) is 5.26. The van der Waals surface area contributed by atoms with Crippen molar-refractivity contribution in [2.45, 2.75) is 20.0 Å². The van der Waals surface area contributed by atoms with Crippen LogP contribution < -0.4 is 9.47 Å². The van der Waals surface area contributed by atoms with Gasteiger partial charge in [0, 0.05) is 0 Å². The van der Waals surface area contributed by atoms with Crippen LogP contribution >= 0.6 is 0 Å². The van der Waals surface area contributed by atoms with Gasteiger partial charge in [-0.05, 0) is 24.3 Å². The Morgan fingerprint density at radius 2 is 1.46 bits per heavy atom. The normalized spacial score (nSPS) is 17.9. The first kappa shape index (κ1) is 16.1. The lowest BCUT2D eigenvalue weighted by Crippen LogP contribution is -2.43. The van der Waals surface area contributed by atoms with Crippen molar-refractivity contribution in [2.24, 2.45) is 0 Å². The van der Waals surface area contributed by atoms with E-state index in [1.54, 1.807) is 24.3 Å². The fraction of sp³-hybridized carbons (Fsp3) is 0.263. The molecule has 1 unspecified atom stereocenters. The van der Waals surface area contributed by atoms with E-state index in [1.807, 2.05) is 38.1 Å². The topological polar surface area (TPSA) is 55.8 Å². The standard InChI is InChI=1S/C17H13NO4.C2H6/c19-16-12-5-1-2-6-13(12)17(20)18(16)9-11-10-21-14-7-3-4-8-15(14)22-11;1-2/h1-8,11H,9-10H2;1-2H3. The van der Waals surface area contributed by atoms with Gasteiger partial charge in [-0.15, -0.1) is 0 Å². The Hall–Kier alpha value is -2.82. The molecule has 0 saturated heterocycles. The molecule has 0 fully saturated rings. The summed E-state index contributed by atoms with van der Waals surface area (Å²) in [4.78, 5) is 25.9. The van der Waals surface area contributed by atoms with Crippen molar-refractivity contribution in [2.75, 3.05) is 13.2 Å². The number of fused-ring (bicyclic) bond motifs is 2. The Bertz CT molecular complexity index is 736. The van der Waals surface area contributed by atoms with E-state index in [4.69, 9.17) is 9.47 Å². The fourth-order valence-corrected chi connectivity index (χ4v) is 2.76. The number of carbonyl (C=O) groups excluding carboxylic acids is 2. The van der Waals surface area contributed by atoms with E-state index in [-0.39, 0.29) is 24.5 Å². The number of amides is 2. The number of ether oxygens (including phenoxy) is 2. The van der Waals surface area contributed by atoms with E-state index in [2.05, 4.69) is 0 Å². The van der Waals surface area contributed by atoms with Gasteiger partial charge >= 0.3 is 0 Å². The number of rotatable bonds is 2. The lowest BCUT2D eigenvalue weighted by Gasteiger charge is -2.28. The molecule has 1 atom stereocenters. The van der Waals surface area contributed by atoms with E-state index in [0.717, 1.165) is 0 Å². The molecule has 0 N–H and O–H groups in total. The minimum absolute atomic E-state index is 0.181. The quantitative estimate of drug-likeness (QED) is 0.796. The van der Waals surface area contributed by atoms with E-state index < -0.39 is 0 Å². The molecule has 5 heteroatoms. The van der Waals surface area contributed by atoms with E-state index in [9.17, 15) is 9.59 Å². The molecule has 24 heavy (non-hydrogen) atoms. The smallest absolute Gasteiger partial charge is 0.261 e. The third kappa shape index (κ3) is 2.73. The zero-order valence-electron chi connectivity index (χ0n) is 13.7. The van der Waals surface area contributed by atoms with Gasteiger partial charge in [0.15, 0.2) is 17.6 Å². The van der Waals surface area contributed by atoms with Crippen molar-refractivity contribution in [3.63, 3.8) is 0 Å². The van der Waals surface area contributed by atoms with Crippen molar-refractivity contribution in [1.29, 1.82) is 0 Å². The highest BCUT2D eigenvalue weighted by Gasteiger charge is 2.37. The molecule has 124 valence electrons. The average molecular weight is 325 g/mol. The van der Waals surface area contributed by atoms with E-state index in [0.29, 0.717) is 29.2 Å². The van der Waals surface area contributed by atoms with Gasteiger partial charge < -0.3 is 9.47 Å². The number of hydrogen-bond acceptors (Lipinski definition) is 4. The minimum atomic E-state index is -0.364. The molecule has 2 aromatic carbocycles. The molecular formula is C19H19NO4. The molecule has 2 aromatic rings. The Morgan fingerprint density at radius 3 is 2.08 bits per heavy atom. The van der Waals surface area contributed by atoms with Crippen LogP contribution in [0.1, 0.15) is 34.6 Å². The summed E-state index contributed by atoms with van der Waals surface area (Å²) in [5, 5.41) is 0. The number of hydrogen-bond donors (Lipinski definition) is 0. The summed E-state index contributed by atoms with van der Waals surface area (Å²) in [6.07, 6.45) is -0.364. The number of nitrogens with zero attached hydrogens (tertiary/aromatic N) is 1. The van der Waals surface area contributed by atoms with Crippen LogP contribution in [0.2, 0.25) is 0 Å². The largest absolute Gasteiger partial charge is 0.486 e. The van der Waals surface area contributed by atoms with Crippen LogP contribution in [0, 0.1) is 0 Å². The maximum absolute atomic E-state index is 12.3. The highest BCUT2D eigenvalue weighted by Crippen LogP contribution is 2.32. The Balaban J connectivity index is 0.000000815. The Labute approximate surface area is 140 Å². The molecule has 0 saturated carbocycles. The number of carbonyl (C=O) groups is 2. The van der Waals surface area contributed by atoms with Gasteiger partial charge in [0.25, 0.3) is 11.8 Å². The van der Waals surface area contributed by atoms with Gasteiger partial charge in [-0.2, -0.15) is 0 Å². The van der Waals surface area contributed by atoms with Gasteiger partial charge in [-0.1, -0.05) is 38.1 Å². The van der Waals surface area contributed by atoms with Crippen LogP contribution in [0.25, 0.3) is 0 Å². The summed E-state index contributed by atoms with van der Waals surface area (Å²) in [5.41, 5.74) is 0.897. The van der Waals surface area contributed by atoms with Crippen LogP contribution in [0.3, 0.4) is 0 Å². The number of para-hydroxylation sites is 2. The molecule has 0 radical (unpaired) electrons. The predicted octanol–water partition coefficient (Wildman–Crippen LogP) is 3.15. The van der Waals surface area contributed by atoms with Crippen LogP contribution in [-0.2, 0) is 0 Å². The van der Waals surface area contributed by atoms with Gasteiger partial charge in [-0.25, -0.2) is 0 Å². The maximum Gasteiger partial charge on any atom is 0.261 e. The summed E-state index contributed by atoms with van der Waals surface area (Å²) in [6.45, 7) is 4.49. The van der Waals surface area contributed by atoms with Crippen molar-refractivity contribution in [1.82, 2.24) is 4.90 Å². The molecule has 0 spiro atoms. The van der Waals surface area contributed by atoms with Crippen LogP contribution in [0.15, 0.2) is 48.5 Å². The van der Waals surface area contributed by atoms with Crippen LogP contribution in [0.5, 0.6) is 11.5 Å². The molecule has 4 rings (SSSR count). The Kier molecular flexibility index (Phi) is 4.51. The monoisotopic (exact) mass is 325 g/mol. The van der Waals surface area contributed by atoms with Crippen LogP contribution in [0.4, 0.5) is 0 Å².